The Bertz CT molecular complexity index is 1050. The van der Waals surface area contributed by atoms with Crippen molar-refractivity contribution in [1.82, 2.24) is 0 Å². The molecule has 1 aromatic heterocycles. The van der Waals surface area contributed by atoms with Gasteiger partial charge >= 0.3 is 11.6 Å². The fraction of sp³-hybridized carbons (Fsp3) is 0.182. The number of allylic oxidation sites excluding steroid dienone is 1. The smallest absolute Gasteiger partial charge is 0.383 e. The maximum Gasteiger partial charge on any atom is 0.383 e. The van der Waals surface area contributed by atoms with Crippen molar-refractivity contribution in [1.29, 1.82) is 0 Å². The van der Waals surface area contributed by atoms with E-state index in [0.29, 0.717) is 18.8 Å². The second-order valence-corrected chi connectivity index (χ2v) is 5.97. The van der Waals surface area contributed by atoms with Crippen LogP contribution in [-0.2, 0) is 0 Å². The summed E-state index contributed by atoms with van der Waals surface area (Å²) in [7, 11) is 0. The number of aromatic hydroxyl groups is 1. The Hall–Kier alpha value is -3.54. The third kappa shape index (κ3) is 4.23. The molecule has 1 heterocycles. The summed E-state index contributed by atoms with van der Waals surface area (Å²) < 4.78 is 16.0. The number of esters is 1. The molecule has 0 aliphatic carbocycles. The highest BCUT2D eigenvalue weighted by molar-refractivity contribution is 5.94. The minimum Gasteiger partial charge on any atom is -0.503 e. The first-order chi connectivity index (χ1) is 13.6. The fourth-order valence-corrected chi connectivity index (χ4v) is 2.64. The lowest BCUT2D eigenvalue weighted by Crippen LogP contribution is -2.14. The van der Waals surface area contributed by atoms with Crippen LogP contribution in [0.2, 0.25) is 0 Å². The van der Waals surface area contributed by atoms with Gasteiger partial charge in [0.05, 0.1) is 12.2 Å². The van der Waals surface area contributed by atoms with Crippen molar-refractivity contribution in [2.75, 3.05) is 6.61 Å². The summed E-state index contributed by atoms with van der Waals surface area (Å²) >= 11 is 0. The predicted octanol–water partition coefficient (Wildman–Crippen LogP) is 4.45. The zero-order valence-electron chi connectivity index (χ0n) is 15.4. The molecule has 6 heteroatoms. The van der Waals surface area contributed by atoms with E-state index in [1.54, 1.807) is 42.5 Å². The lowest BCUT2D eigenvalue weighted by atomic mass is 10.2. The number of carbonyl (C=O) groups excluding carboxylic acids is 1. The van der Waals surface area contributed by atoms with E-state index in [1.165, 1.54) is 6.07 Å². The van der Waals surface area contributed by atoms with Crippen LogP contribution in [0.25, 0.3) is 11.0 Å². The third-order valence-electron chi connectivity index (χ3n) is 3.98. The molecular formula is C22H20O6. The number of hydrogen-bond donors (Lipinski definition) is 1. The molecule has 3 aromatic rings. The van der Waals surface area contributed by atoms with E-state index in [2.05, 4.69) is 0 Å². The lowest BCUT2D eigenvalue weighted by Gasteiger charge is -2.11. The van der Waals surface area contributed by atoms with Crippen LogP contribution >= 0.6 is 0 Å². The predicted molar refractivity (Wildman–Crippen MR) is 105 cm³/mol. The molecule has 0 radical (unpaired) electrons. The maximum absolute atomic E-state index is 12.3. The number of hydrogen-bond acceptors (Lipinski definition) is 6. The van der Waals surface area contributed by atoms with Crippen molar-refractivity contribution >= 4 is 16.9 Å². The van der Waals surface area contributed by atoms with Gasteiger partial charge < -0.3 is 19.0 Å². The summed E-state index contributed by atoms with van der Waals surface area (Å²) in [5, 5.41) is 10.8. The first kappa shape index (κ1) is 19.2. The van der Waals surface area contributed by atoms with E-state index in [4.69, 9.17) is 13.9 Å². The summed E-state index contributed by atoms with van der Waals surface area (Å²) in [5.74, 6) is -1.50. The number of rotatable bonds is 7. The molecule has 28 heavy (non-hydrogen) atoms. The fourth-order valence-electron chi connectivity index (χ4n) is 2.64. The van der Waals surface area contributed by atoms with Gasteiger partial charge in [-0.25, -0.2) is 9.59 Å². The number of benzene rings is 2. The van der Waals surface area contributed by atoms with E-state index < -0.39 is 23.1 Å². The Morgan fingerprint density at radius 1 is 1.11 bits per heavy atom. The Labute approximate surface area is 161 Å². The Kier molecular flexibility index (Phi) is 6.11. The number of ether oxygens (including phenoxy) is 2. The maximum atomic E-state index is 12.3. The van der Waals surface area contributed by atoms with Gasteiger partial charge in [0.1, 0.15) is 16.7 Å². The highest BCUT2D eigenvalue weighted by atomic mass is 16.6. The SMILES string of the molecule is CCC=CCCOc1cccc2oc(=O)c(OC(=O)c3ccccc3)c(O)c12. The normalized spacial score (nSPS) is 11.0. The van der Waals surface area contributed by atoms with Crippen molar-refractivity contribution in [3.63, 3.8) is 0 Å². The molecule has 0 saturated heterocycles. The van der Waals surface area contributed by atoms with Gasteiger partial charge in [-0.05, 0) is 37.1 Å². The van der Waals surface area contributed by atoms with Gasteiger partial charge in [-0.15, -0.1) is 0 Å². The molecule has 2 aromatic carbocycles. The zero-order chi connectivity index (χ0) is 19.9. The van der Waals surface area contributed by atoms with E-state index in [9.17, 15) is 14.7 Å². The Morgan fingerprint density at radius 3 is 2.64 bits per heavy atom. The van der Waals surface area contributed by atoms with Gasteiger partial charge in [-0.1, -0.05) is 43.3 Å². The van der Waals surface area contributed by atoms with Gasteiger partial charge in [-0.3, -0.25) is 0 Å². The Balaban J connectivity index is 1.93. The molecule has 3 rings (SSSR count). The quantitative estimate of drug-likeness (QED) is 0.282. The molecule has 0 saturated carbocycles. The van der Waals surface area contributed by atoms with E-state index in [1.807, 2.05) is 19.1 Å². The summed E-state index contributed by atoms with van der Waals surface area (Å²) in [6.07, 6.45) is 5.66. The number of carbonyl (C=O) groups is 1. The van der Waals surface area contributed by atoms with Crippen molar-refractivity contribution in [2.24, 2.45) is 0 Å². The highest BCUT2D eigenvalue weighted by Gasteiger charge is 2.22. The van der Waals surface area contributed by atoms with Crippen LogP contribution in [0, 0.1) is 0 Å². The van der Waals surface area contributed by atoms with E-state index >= 15 is 0 Å². The van der Waals surface area contributed by atoms with Crippen LogP contribution in [-0.4, -0.2) is 17.7 Å². The van der Waals surface area contributed by atoms with E-state index in [0.717, 1.165) is 6.42 Å². The van der Waals surface area contributed by atoms with Crippen LogP contribution < -0.4 is 15.1 Å². The second kappa shape index (κ2) is 8.90. The molecule has 0 atom stereocenters. The van der Waals surface area contributed by atoms with Gasteiger partial charge in [-0.2, -0.15) is 0 Å². The minimum atomic E-state index is -0.947. The molecule has 0 amide bonds. The standard InChI is InChI=1S/C22H20O6/c1-2-3-4-8-14-26-16-12-9-13-17-18(16)19(23)20(22(25)27-17)28-21(24)15-10-6-5-7-11-15/h3-7,9-13,23H,2,8,14H2,1H3. The Morgan fingerprint density at radius 2 is 1.89 bits per heavy atom. The molecular weight excluding hydrogens is 360 g/mol. The summed E-state index contributed by atoms with van der Waals surface area (Å²) in [5.41, 5.74) is -0.561. The van der Waals surface area contributed by atoms with Crippen molar-refractivity contribution < 1.29 is 23.8 Å². The minimum absolute atomic E-state index is 0.142. The molecule has 0 spiro atoms. The summed E-state index contributed by atoms with van der Waals surface area (Å²) in [4.78, 5) is 24.5. The second-order valence-electron chi connectivity index (χ2n) is 5.97. The average molecular weight is 380 g/mol. The van der Waals surface area contributed by atoms with Crippen LogP contribution in [0.3, 0.4) is 0 Å². The lowest BCUT2D eigenvalue weighted by molar-refractivity contribution is 0.0723. The largest absolute Gasteiger partial charge is 0.503 e. The molecule has 0 fully saturated rings. The first-order valence-corrected chi connectivity index (χ1v) is 8.95. The van der Waals surface area contributed by atoms with Gasteiger partial charge in [0.2, 0.25) is 0 Å². The molecule has 0 aliphatic heterocycles. The molecule has 0 bridgehead atoms. The van der Waals surface area contributed by atoms with Crippen LogP contribution in [0.1, 0.15) is 30.1 Å². The third-order valence-corrected chi connectivity index (χ3v) is 3.98. The molecule has 0 unspecified atom stereocenters. The van der Waals surface area contributed by atoms with Gasteiger partial charge in [0.15, 0.2) is 5.75 Å². The zero-order valence-corrected chi connectivity index (χ0v) is 15.4. The topological polar surface area (TPSA) is 86.0 Å². The van der Waals surface area contributed by atoms with E-state index in [-0.39, 0.29) is 16.5 Å². The van der Waals surface area contributed by atoms with Crippen LogP contribution in [0.5, 0.6) is 17.2 Å². The summed E-state index contributed by atoms with van der Waals surface area (Å²) in [6, 6.07) is 13.0. The van der Waals surface area contributed by atoms with Gasteiger partial charge in [0.25, 0.3) is 5.75 Å². The molecule has 1 N–H and O–H groups in total. The molecule has 6 nitrogen and oxygen atoms in total. The van der Waals surface area contributed by atoms with Gasteiger partial charge in [0, 0.05) is 0 Å². The van der Waals surface area contributed by atoms with Crippen LogP contribution in [0.15, 0.2) is 69.9 Å². The highest BCUT2D eigenvalue weighted by Crippen LogP contribution is 2.38. The average Bonchev–Trinajstić information content (AvgIpc) is 2.71. The monoisotopic (exact) mass is 380 g/mol. The van der Waals surface area contributed by atoms with Crippen molar-refractivity contribution in [2.45, 2.75) is 19.8 Å². The first-order valence-electron chi connectivity index (χ1n) is 8.95. The van der Waals surface area contributed by atoms with Crippen molar-refractivity contribution in [3.05, 3.63) is 76.7 Å². The summed E-state index contributed by atoms with van der Waals surface area (Å²) in [6.45, 7) is 2.42. The number of fused-ring (bicyclic) bond motifs is 1. The molecule has 0 aliphatic rings. The van der Waals surface area contributed by atoms with Crippen LogP contribution in [0.4, 0.5) is 0 Å². The van der Waals surface area contributed by atoms with Crippen molar-refractivity contribution in [3.8, 4) is 17.2 Å². The molecule has 144 valence electrons.